The van der Waals surface area contributed by atoms with Crippen molar-refractivity contribution in [3.63, 3.8) is 0 Å². The lowest BCUT2D eigenvalue weighted by Crippen LogP contribution is -2.17. The smallest absolute Gasteiger partial charge is 0.247 e. The minimum Gasteiger partial charge on any atom is -0.494 e. The predicted octanol–water partition coefficient (Wildman–Crippen LogP) is 6.04. The van der Waals surface area contributed by atoms with Crippen molar-refractivity contribution in [2.24, 2.45) is 0 Å². The number of anilines is 1. The van der Waals surface area contributed by atoms with Crippen molar-refractivity contribution < 1.29 is 9.47 Å². The summed E-state index contributed by atoms with van der Waals surface area (Å²) in [4.78, 5) is 4.74. The molecule has 0 aliphatic carbocycles. The first kappa shape index (κ1) is 21.3. The highest BCUT2D eigenvalue weighted by Gasteiger charge is 2.26. The van der Waals surface area contributed by atoms with Crippen LogP contribution in [0.25, 0.3) is 11.3 Å². The second-order valence-electron chi connectivity index (χ2n) is 7.72. The van der Waals surface area contributed by atoms with E-state index in [0.29, 0.717) is 23.3 Å². The van der Waals surface area contributed by atoms with Crippen molar-refractivity contribution in [1.82, 2.24) is 15.2 Å². The molecule has 1 atom stereocenters. The van der Waals surface area contributed by atoms with Gasteiger partial charge in [-0.3, -0.25) is 0 Å². The normalized spacial score (nSPS) is 14.3. The van der Waals surface area contributed by atoms with Crippen molar-refractivity contribution in [2.75, 3.05) is 11.9 Å². The lowest BCUT2D eigenvalue weighted by molar-refractivity contribution is 0.224. The van der Waals surface area contributed by atoms with Gasteiger partial charge in [0.2, 0.25) is 11.0 Å². The number of rotatable bonds is 6. The summed E-state index contributed by atoms with van der Waals surface area (Å²) in [5.74, 6) is 2.02. The molecular weight excluding hydrogens is 432 g/mol. The van der Waals surface area contributed by atoms with E-state index < -0.39 is 6.23 Å². The molecule has 5 rings (SSSR count). The molecule has 1 aromatic heterocycles. The van der Waals surface area contributed by atoms with Crippen LogP contribution in [0, 0.1) is 6.92 Å². The van der Waals surface area contributed by atoms with E-state index >= 15 is 0 Å². The molecule has 0 radical (unpaired) electrons. The molecule has 1 aliphatic rings. The molecule has 1 N–H and O–H groups in total. The number of benzene rings is 3. The molecule has 7 heteroatoms. The second kappa shape index (κ2) is 9.50. The maximum atomic E-state index is 6.37. The van der Waals surface area contributed by atoms with Crippen LogP contribution < -0.4 is 14.8 Å². The number of nitrogens with one attached hydrogen (secondary N) is 1. The Kier molecular flexibility index (Phi) is 6.13. The molecule has 0 saturated heterocycles. The van der Waals surface area contributed by atoms with Crippen LogP contribution in [0.1, 0.15) is 29.8 Å². The summed E-state index contributed by atoms with van der Waals surface area (Å²) in [5.41, 5.74) is 5.84. The fourth-order valence-electron chi connectivity index (χ4n) is 3.63. The first-order chi connectivity index (χ1) is 16.2. The summed E-state index contributed by atoms with van der Waals surface area (Å²) in [6.45, 7) is 4.66. The molecule has 33 heavy (non-hydrogen) atoms. The quantitative estimate of drug-likeness (QED) is 0.355. The number of fused-ring (bicyclic) bond motifs is 3. The van der Waals surface area contributed by atoms with Crippen LogP contribution >= 0.6 is 11.8 Å². The number of nitrogens with zero attached hydrogens (tertiary/aromatic N) is 3. The third-order valence-electron chi connectivity index (χ3n) is 5.29. The molecule has 0 unspecified atom stereocenters. The standard InChI is InChI=1S/C26H24N4O2S/c1-3-31-20-8-6-7-19(15-20)24-27-22-10-5-4-9-21(22)23-25(32-24)28-26(30-29-23)33-16-18-13-11-17(2)12-14-18/h4-15,24,27H,3,16H2,1-2H3/t24-/m1/s1. The molecule has 0 saturated carbocycles. The molecule has 4 aromatic rings. The average Bonchev–Trinajstić information content (AvgIpc) is 3.01. The zero-order valence-corrected chi connectivity index (χ0v) is 19.3. The Morgan fingerprint density at radius 3 is 2.70 bits per heavy atom. The van der Waals surface area contributed by atoms with Gasteiger partial charge in [0.05, 0.1) is 6.61 Å². The summed E-state index contributed by atoms with van der Waals surface area (Å²) >= 11 is 1.54. The topological polar surface area (TPSA) is 69.2 Å². The number of aryl methyl sites for hydroxylation is 1. The fraction of sp³-hybridized carbons (Fsp3) is 0.192. The van der Waals surface area contributed by atoms with Gasteiger partial charge in [-0.05, 0) is 37.6 Å². The third-order valence-corrected chi connectivity index (χ3v) is 6.20. The van der Waals surface area contributed by atoms with Crippen molar-refractivity contribution in [3.8, 4) is 22.9 Å². The maximum Gasteiger partial charge on any atom is 0.247 e. The average molecular weight is 457 g/mol. The Bertz CT molecular complexity index is 1260. The summed E-state index contributed by atoms with van der Waals surface area (Å²) in [5, 5.41) is 12.9. The lowest BCUT2D eigenvalue weighted by Gasteiger charge is -2.20. The molecule has 166 valence electrons. The van der Waals surface area contributed by atoms with E-state index in [4.69, 9.17) is 14.5 Å². The van der Waals surface area contributed by atoms with Gasteiger partial charge in [-0.1, -0.05) is 71.9 Å². The highest BCUT2D eigenvalue weighted by molar-refractivity contribution is 7.98. The van der Waals surface area contributed by atoms with Gasteiger partial charge in [-0.2, -0.15) is 4.98 Å². The fourth-order valence-corrected chi connectivity index (χ4v) is 4.36. The number of para-hydroxylation sites is 1. The Morgan fingerprint density at radius 2 is 1.85 bits per heavy atom. The highest BCUT2D eigenvalue weighted by atomic mass is 32.2. The van der Waals surface area contributed by atoms with E-state index in [9.17, 15) is 0 Å². The molecule has 6 nitrogen and oxygen atoms in total. The summed E-state index contributed by atoms with van der Waals surface area (Å²) in [6, 6.07) is 24.3. The van der Waals surface area contributed by atoms with Crippen LogP contribution in [-0.2, 0) is 5.75 Å². The number of hydrogen-bond acceptors (Lipinski definition) is 7. The van der Waals surface area contributed by atoms with Crippen LogP contribution in [0.5, 0.6) is 11.6 Å². The first-order valence-corrected chi connectivity index (χ1v) is 11.9. The molecule has 0 fully saturated rings. The van der Waals surface area contributed by atoms with Crippen LogP contribution in [0.4, 0.5) is 5.69 Å². The molecule has 1 aliphatic heterocycles. The minimum atomic E-state index is -0.445. The lowest BCUT2D eigenvalue weighted by atomic mass is 10.1. The van der Waals surface area contributed by atoms with Crippen LogP contribution in [0.2, 0.25) is 0 Å². The Balaban J connectivity index is 1.47. The van der Waals surface area contributed by atoms with Crippen molar-refractivity contribution in [3.05, 3.63) is 89.5 Å². The predicted molar refractivity (Wildman–Crippen MR) is 131 cm³/mol. The van der Waals surface area contributed by atoms with Crippen LogP contribution in [0.15, 0.2) is 78.0 Å². The van der Waals surface area contributed by atoms with Crippen molar-refractivity contribution >= 4 is 17.4 Å². The van der Waals surface area contributed by atoms with E-state index in [1.54, 1.807) is 11.8 Å². The number of aromatic nitrogens is 3. The molecule has 2 heterocycles. The maximum absolute atomic E-state index is 6.37. The highest BCUT2D eigenvalue weighted by Crippen LogP contribution is 2.40. The molecule has 0 amide bonds. The van der Waals surface area contributed by atoms with Gasteiger partial charge in [-0.15, -0.1) is 10.2 Å². The zero-order chi connectivity index (χ0) is 22.6. The largest absolute Gasteiger partial charge is 0.494 e. The molecule has 3 aromatic carbocycles. The third kappa shape index (κ3) is 4.78. The van der Waals surface area contributed by atoms with Crippen LogP contribution in [0.3, 0.4) is 0 Å². The van der Waals surface area contributed by atoms with Gasteiger partial charge in [0.15, 0.2) is 11.9 Å². The van der Waals surface area contributed by atoms with Crippen LogP contribution in [-0.4, -0.2) is 21.8 Å². The molecular formula is C26H24N4O2S. The second-order valence-corrected chi connectivity index (χ2v) is 8.66. The minimum absolute atomic E-state index is 0.445. The number of thioether (sulfide) groups is 1. The summed E-state index contributed by atoms with van der Waals surface area (Å²) in [7, 11) is 0. The Hall–Kier alpha value is -3.58. The van der Waals surface area contributed by atoms with E-state index in [0.717, 1.165) is 28.3 Å². The van der Waals surface area contributed by atoms with Crippen molar-refractivity contribution in [1.29, 1.82) is 0 Å². The van der Waals surface area contributed by atoms with E-state index in [2.05, 4.69) is 46.7 Å². The van der Waals surface area contributed by atoms with Crippen molar-refractivity contribution in [2.45, 2.75) is 31.0 Å². The SMILES string of the molecule is CCOc1cccc([C@@H]2Nc3ccccc3-c3nnc(SCc4ccc(C)cc4)nc3O2)c1. The van der Waals surface area contributed by atoms with E-state index in [1.807, 2.05) is 55.5 Å². The summed E-state index contributed by atoms with van der Waals surface area (Å²) < 4.78 is 12.1. The zero-order valence-electron chi connectivity index (χ0n) is 18.5. The van der Waals surface area contributed by atoms with E-state index in [-0.39, 0.29) is 0 Å². The molecule has 0 bridgehead atoms. The Morgan fingerprint density at radius 1 is 1.00 bits per heavy atom. The monoisotopic (exact) mass is 456 g/mol. The van der Waals surface area contributed by atoms with E-state index in [1.165, 1.54) is 11.1 Å². The van der Waals surface area contributed by atoms with Gasteiger partial charge in [0, 0.05) is 22.6 Å². The van der Waals surface area contributed by atoms with Gasteiger partial charge in [-0.25, -0.2) is 0 Å². The number of ether oxygens (including phenoxy) is 2. The van der Waals surface area contributed by atoms with Gasteiger partial charge in [0.25, 0.3) is 0 Å². The Labute approximate surface area is 197 Å². The number of hydrogen-bond donors (Lipinski definition) is 1. The van der Waals surface area contributed by atoms with Gasteiger partial charge >= 0.3 is 0 Å². The first-order valence-electron chi connectivity index (χ1n) is 10.9. The van der Waals surface area contributed by atoms with Gasteiger partial charge < -0.3 is 14.8 Å². The van der Waals surface area contributed by atoms with Gasteiger partial charge in [0.1, 0.15) is 5.75 Å². The summed E-state index contributed by atoms with van der Waals surface area (Å²) in [6.07, 6.45) is -0.445. The molecule has 0 spiro atoms.